The summed E-state index contributed by atoms with van der Waals surface area (Å²) in [6.45, 7) is 3.20. The zero-order valence-corrected chi connectivity index (χ0v) is 11.1. The van der Waals surface area contributed by atoms with E-state index in [-0.39, 0.29) is 6.04 Å². The fourth-order valence-electron chi connectivity index (χ4n) is 2.61. The van der Waals surface area contributed by atoms with Crippen LogP contribution < -0.4 is 5.32 Å². The molecule has 2 N–H and O–H groups in total. The minimum Gasteiger partial charge on any atom is -0.508 e. The third-order valence-corrected chi connectivity index (χ3v) is 3.75. The SMILES string of the molecule is CCC(NCC1CC=CCC1)c1ccccc1O. The molecule has 0 spiro atoms. The second kappa shape index (κ2) is 6.60. The number of hydrogen-bond acceptors (Lipinski definition) is 2. The molecule has 0 amide bonds. The van der Waals surface area contributed by atoms with Gasteiger partial charge >= 0.3 is 0 Å². The summed E-state index contributed by atoms with van der Waals surface area (Å²) >= 11 is 0. The molecule has 2 unspecified atom stereocenters. The molecule has 0 bridgehead atoms. The van der Waals surface area contributed by atoms with Gasteiger partial charge in [-0.15, -0.1) is 0 Å². The molecular formula is C16H23NO. The molecule has 0 fully saturated rings. The first-order valence-electron chi connectivity index (χ1n) is 6.97. The van der Waals surface area contributed by atoms with Crippen LogP contribution in [0, 0.1) is 5.92 Å². The maximum Gasteiger partial charge on any atom is 0.120 e. The van der Waals surface area contributed by atoms with E-state index < -0.39 is 0 Å². The molecule has 1 aliphatic carbocycles. The van der Waals surface area contributed by atoms with Gasteiger partial charge in [0.15, 0.2) is 0 Å². The van der Waals surface area contributed by atoms with E-state index in [1.165, 1.54) is 19.3 Å². The van der Waals surface area contributed by atoms with Gasteiger partial charge in [0.25, 0.3) is 0 Å². The molecule has 2 nitrogen and oxygen atoms in total. The monoisotopic (exact) mass is 245 g/mol. The topological polar surface area (TPSA) is 32.3 Å². The lowest BCUT2D eigenvalue weighted by molar-refractivity contribution is 0.389. The molecule has 1 aromatic carbocycles. The molecule has 1 aliphatic rings. The Morgan fingerprint density at radius 2 is 2.17 bits per heavy atom. The van der Waals surface area contributed by atoms with E-state index in [0.717, 1.165) is 24.4 Å². The van der Waals surface area contributed by atoms with E-state index in [2.05, 4.69) is 24.4 Å². The molecule has 0 radical (unpaired) electrons. The lowest BCUT2D eigenvalue weighted by Gasteiger charge is -2.23. The van der Waals surface area contributed by atoms with Crippen molar-refractivity contribution in [3.63, 3.8) is 0 Å². The number of aromatic hydroxyl groups is 1. The summed E-state index contributed by atoms with van der Waals surface area (Å²) in [5.41, 5.74) is 1.02. The fraction of sp³-hybridized carbons (Fsp3) is 0.500. The van der Waals surface area contributed by atoms with E-state index in [1.54, 1.807) is 6.07 Å². The summed E-state index contributed by atoms with van der Waals surface area (Å²) in [6, 6.07) is 7.90. The van der Waals surface area contributed by atoms with Crippen molar-refractivity contribution in [3.8, 4) is 5.75 Å². The normalized spacial score (nSPS) is 20.8. The molecule has 0 aliphatic heterocycles. The van der Waals surface area contributed by atoms with Gasteiger partial charge in [0.1, 0.15) is 5.75 Å². The number of phenolic OH excluding ortho intramolecular Hbond substituents is 1. The molecular weight excluding hydrogens is 222 g/mol. The van der Waals surface area contributed by atoms with E-state index in [1.807, 2.05) is 18.2 Å². The first kappa shape index (κ1) is 13.2. The Morgan fingerprint density at radius 3 is 2.83 bits per heavy atom. The standard InChI is InChI=1S/C16H23NO/c1-2-15(14-10-6-7-11-16(14)18)17-12-13-8-4-3-5-9-13/h3-4,6-7,10-11,13,15,17-18H,2,5,8-9,12H2,1H3. The van der Waals surface area contributed by atoms with Crippen LogP contribution in [0.5, 0.6) is 5.75 Å². The van der Waals surface area contributed by atoms with Crippen LogP contribution in [0.25, 0.3) is 0 Å². The van der Waals surface area contributed by atoms with Gasteiger partial charge in [-0.1, -0.05) is 37.3 Å². The van der Waals surface area contributed by atoms with Crippen molar-refractivity contribution in [2.24, 2.45) is 5.92 Å². The largest absolute Gasteiger partial charge is 0.508 e. The highest BCUT2D eigenvalue weighted by Gasteiger charge is 2.15. The lowest BCUT2D eigenvalue weighted by Crippen LogP contribution is -2.27. The third-order valence-electron chi connectivity index (χ3n) is 3.75. The zero-order chi connectivity index (χ0) is 12.8. The molecule has 2 heteroatoms. The van der Waals surface area contributed by atoms with Crippen molar-refractivity contribution in [1.29, 1.82) is 0 Å². The minimum absolute atomic E-state index is 0.261. The van der Waals surface area contributed by atoms with Gasteiger partial charge in [-0.2, -0.15) is 0 Å². The summed E-state index contributed by atoms with van der Waals surface area (Å²) in [4.78, 5) is 0. The maximum absolute atomic E-state index is 9.90. The predicted molar refractivity (Wildman–Crippen MR) is 75.6 cm³/mol. The van der Waals surface area contributed by atoms with Crippen LogP contribution >= 0.6 is 0 Å². The highest BCUT2D eigenvalue weighted by atomic mass is 16.3. The molecule has 0 heterocycles. The van der Waals surface area contributed by atoms with Gasteiger partial charge in [0.2, 0.25) is 0 Å². The summed E-state index contributed by atoms with van der Waals surface area (Å²) in [5.74, 6) is 1.15. The summed E-state index contributed by atoms with van der Waals surface area (Å²) < 4.78 is 0. The first-order chi connectivity index (χ1) is 8.81. The Balaban J connectivity index is 1.93. The second-order valence-electron chi connectivity index (χ2n) is 5.08. The smallest absolute Gasteiger partial charge is 0.120 e. The highest BCUT2D eigenvalue weighted by Crippen LogP contribution is 2.26. The van der Waals surface area contributed by atoms with Gasteiger partial charge < -0.3 is 10.4 Å². The van der Waals surface area contributed by atoms with Crippen LogP contribution in [0.2, 0.25) is 0 Å². The highest BCUT2D eigenvalue weighted by molar-refractivity contribution is 5.34. The number of benzene rings is 1. The van der Waals surface area contributed by atoms with E-state index in [0.29, 0.717) is 5.75 Å². The third kappa shape index (κ3) is 3.36. The van der Waals surface area contributed by atoms with Gasteiger partial charge in [-0.3, -0.25) is 0 Å². The average molecular weight is 245 g/mol. The Hall–Kier alpha value is -1.28. The minimum atomic E-state index is 0.261. The van der Waals surface area contributed by atoms with Gasteiger partial charge in [0.05, 0.1) is 0 Å². The Bertz CT molecular complexity index is 400. The molecule has 0 saturated heterocycles. The Morgan fingerprint density at radius 1 is 1.33 bits per heavy atom. The fourth-order valence-corrected chi connectivity index (χ4v) is 2.61. The van der Waals surface area contributed by atoms with Crippen LogP contribution in [0.15, 0.2) is 36.4 Å². The number of para-hydroxylation sites is 1. The molecule has 0 aromatic heterocycles. The van der Waals surface area contributed by atoms with Crippen molar-refractivity contribution in [1.82, 2.24) is 5.32 Å². The van der Waals surface area contributed by atoms with Crippen molar-refractivity contribution >= 4 is 0 Å². The van der Waals surface area contributed by atoms with Crippen LogP contribution in [0.3, 0.4) is 0 Å². The summed E-state index contributed by atoms with van der Waals surface area (Å²) in [6.07, 6.45) is 9.23. The van der Waals surface area contributed by atoms with Crippen LogP contribution in [0.4, 0.5) is 0 Å². The number of allylic oxidation sites excluding steroid dienone is 2. The van der Waals surface area contributed by atoms with Gasteiger partial charge in [-0.25, -0.2) is 0 Å². The quantitative estimate of drug-likeness (QED) is 0.774. The van der Waals surface area contributed by atoms with Gasteiger partial charge in [-0.05, 0) is 44.2 Å². The number of rotatable bonds is 5. The molecule has 2 atom stereocenters. The van der Waals surface area contributed by atoms with Crippen molar-refractivity contribution in [3.05, 3.63) is 42.0 Å². The number of hydrogen-bond donors (Lipinski definition) is 2. The number of nitrogens with one attached hydrogen (secondary N) is 1. The first-order valence-corrected chi connectivity index (χ1v) is 6.97. The molecule has 0 saturated carbocycles. The summed E-state index contributed by atoms with van der Waals surface area (Å²) in [5, 5.41) is 13.5. The van der Waals surface area contributed by atoms with E-state index >= 15 is 0 Å². The van der Waals surface area contributed by atoms with Crippen molar-refractivity contribution in [2.45, 2.75) is 38.6 Å². The van der Waals surface area contributed by atoms with Crippen molar-refractivity contribution < 1.29 is 5.11 Å². The maximum atomic E-state index is 9.90. The average Bonchev–Trinajstić information content (AvgIpc) is 2.42. The molecule has 98 valence electrons. The predicted octanol–water partition coefficient (Wildman–Crippen LogP) is 3.79. The molecule has 1 aromatic rings. The summed E-state index contributed by atoms with van der Waals surface area (Å²) in [7, 11) is 0. The Kier molecular flexibility index (Phi) is 4.82. The van der Waals surface area contributed by atoms with Crippen molar-refractivity contribution in [2.75, 3.05) is 6.54 Å². The second-order valence-corrected chi connectivity index (χ2v) is 5.08. The Labute approximate surface area is 110 Å². The van der Waals surface area contributed by atoms with E-state index in [9.17, 15) is 5.11 Å². The van der Waals surface area contributed by atoms with Crippen LogP contribution in [0.1, 0.15) is 44.2 Å². The van der Waals surface area contributed by atoms with Crippen LogP contribution in [-0.4, -0.2) is 11.7 Å². The lowest BCUT2D eigenvalue weighted by atomic mass is 9.93. The molecule has 18 heavy (non-hydrogen) atoms. The number of phenols is 1. The van der Waals surface area contributed by atoms with E-state index in [4.69, 9.17) is 0 Å². The van der Waals surface area contributed by atoms with Crippen LogP contribution in [-0.2, 0) is 0 Å². The zero-order valence-electron chi connectivity index (χ0n) is 11.1. The van der Waals surface area contributed by atoms with Gasteiger partial charge in [0, 0.05) is 11.6 Å². The molecule has 2 rings (SSSR count).